The highest BCUT2D eigenvalue weighted by molar-refractivity contribution is 7.99. The lowest BCUT2D eigenvalue weighted by Crippen LogP contribution is -2.54. The zero-order valence-corrected chi connectivity index (χ0v) is 36.4. The average Bonchev–Trinajstić information content (AvgIpc) is 3.68. The molecule has 2 aromatic carbocycles. The van der Waals surface area contributed by atoms with Gasteiger partial charge < -0.3 is 46.5 Å². The predicted molar refractivity (Wildman–Crippen MR) is 233 cm³/mol. The Bertz CT molecular complexity index is 2240. The topological polar surface area (TPSA) is 263 Å². The summed E-state index contributed by atoms with van der Waals surface area (Å²) in [4.78, 5) is 87.7. The van der Waals surface area contributed by atoms with Gasteiger partial charge in [-0.05, 0) is 56.5 Å². The summed E-state index contributed by atoms with van der Waals surface area (Å²) in [5.41, 5.74) is 14.2. The molecule has 3 fully saturated rings. The smallest absolute Gasteiger partial charge is 0.262 e. The number of rotatable bonds is 18. The third-order valence-electron chi connectivity index (χ3n) is 11.7. The number of nitrogens with one attached hydrogen (secondary N) is 4. The Hall–Kier alpha value is -5.38. The highest BCUT2D eigenvalue weighted by Gasteiger charge is 2.48. The normalized spacial score (nSPS) is 20.5. The van der Waals surface area contributed by atoms with E-state index in [9.17, 15) is 28.8 Å². The van der Waals surface area contributed by atoms with Crippen molar-refractivity contribution in [2.24, 2.45) is 11.1 Å². The average molecular weight is 907 g/mol. The zero-order chi connectivity index (χ0) is 44.7. The number of amides is 6. The van der Waals surface area contributed by atoms with Gasteiger partial charge in [0.2, 0.25) is 23.6 Å². The van der Waals surface area contributed by atoms with Crippen molar-refractivity contribution in [2.45, 2.75) is 73.6 Å². The summed E-state index contributed by atoms with van der Waals surface area (Å²) in [5, 5.41) is 11.6. The lowest BCUT2D eigenvalue weighted by Gasteiger charge is -2.41. The van der Waals surface area contributed by atoms with Crippen LogP contribution in [0.15, 0.2) is 52.5 Å². The second-order valence-corrected chi connectivity index (χ2v) is 17.2. The van der Waals surface area contributed by atoms with Crippen LogP contribution in [0.1, 0.15) is 66.2 Å². The van der Waals surface area contributed by atoms with E-state index < -0.39 is 29.7 Å². The molecule has 1 aromatic heterocycles. The molecule has 19 nitrogen and oxygen atoms in total. The minimum atomic E-state index is -1.02. The van der Waals surface area contributed by atoms with E-state index in [0.29, 0.717) is 58.5 Å². The maximum absolute atomic E-state index is 13.0. The summed E-state index contributed by atoms with van der Waals surface area (Å²) in [6.07, 6.45) is 3.62. The molecule has 7 rings (SSSR count). The van der Waals surface area contributed by atoms with Gasteiger partial charge >= 0.3 is 0 Å². The Labute approximate surface area is 373 Å². The first-order valence-electron chi connectivity index (χ1n) is 20.9. The van der Waals surface area contributed by atoms with Crippen molar-refractivity contribution < 1.29 is 43.0 Å². The molecule has 0 aliphatic carbocycles. The first-order valence-corrected chi connectivity index (χ1v) is 22.1. The number of piperidine rings is 2. The number of aromatic nitrogens is 2. The number of carbonyl (C=O) groups excluding carboxylic acids is 6. The van der Waals surface area contributed by atoms with Gasteiger partial charge in [-0.15, -0.1) is 0 Å². The van der Waals surface area contributed by atoms with Gasteiger partial charge in [-0.2, -0.15) is 0 Å². The standard InChI is InChI=1S/C42H51ClN10O9S/c1-24-36(44)42(23-62-24)11-15-52(16-12-42)31-22-48-39(37(45)50-31)63-30-4-2-3-28(35(30)43)49-33(55)10-9-32(54)47-14-18-61-20-19-60-17-13-46-25-5-6-26-27(21-25)41(59)53(40(26)58)29-7-8-34(56)51-38(29)57/h2-6,21-22,24,29,36,46H,7-20,23,44H2,1H3,(H2,45,50)(H,47,54)(H,49,55)(H,51,56,57)/t24-,29?,36+/m0/s1. The van der Waals surface area contributed by atoms with Gasteiger partial charge in [0.05, 0.1) is 67.2 Å². The molecular weight excluding hydrogens is 856 g/mol. The number of nitrogens with zero attached hydrogens (tertiary/aromatic N) is 4. The van der Waals surface area contributed by atoms with E-state index in [2.05, 4.69) is 36.1 Å². The Morgan fingerprint density at radius 1 is 1.00 bits per heavy atom. The van der Waals surface area contributed by atoms with Crippen LogP contribution in [0.3, 0.4) is 0 Å². The molecule has 21 heteroatoms. The lowest BCUT2D eigenvalue weighted by molar-refractivity contribution is -0.136. The van der Waals surface area contributed by atoms with Gasteiger partial charge in [-0.1, -0.05) is 29.4 Å². The monoisotopic (exact) mass is 906 g/mol. The molecule has 3 saturated heterocycles. The first-order chi connectivity index (χ1) is 30.3. The molecule has 3 atom stereocenters. The van der Waals surface area contributed by atoms with Crippen molar-refractivity contribution in [2.75, 3.05) is 80.5 Å². The first kappa shape index (κ1) is 45.6. The number of carbonyl (C=O) groups is 6. The van der Waals surface area contributed by atoms with Crippen molar-refractivity contribution in [1.29, 1.82) is 0 Å². The molecule has 336 valence electrons. The molecule has 0 saturated carbocycles. The Balaban J connectivity index is 0.741. The zero-order valence-electron chi connectivity index (χ0n) is 34.8. The highest BCUT2D eigenvalue weighted by atomic mass is 35.5. The third kappa shape index (κ3) is 10.7. The van der Waals surface area contributed by atoms with Crippen LogP contribution in [0.25, 0.3) is 0 Å². The molecule has 0 radical (unpaired) electrons. The van der Waals surface area contributed by atoms with E-state index in [0.717, 1.165) is 30.8 Å². The van der Waals surface area contributed by atoms with Crippen molar-refractivity contribution in [1.82, 2.24) is 25.5 Å². The summed E-state index contributed by atoms with van der Waals surface area (Å²) < 4.78 is 17.0. The molecule has 5 heterocycles. The molecule has 0 bridgehead atoms. The van der Waals surface area contributed by atoms with Gasteiger partial charge in [0, 0.05) is 67.5 Å². The maximum atomic E-state index is 13.0. The number of nitrogen functional groups attached to an aromatic ring is 1. The van der Waals surface area contributed by atoms with Crippen LogP contribution < -0.4 is 37.6 Å². The number of imide groups is 2. The van der Waals surface area contributed by atoms with E-state index in [1.807, 2.05) is 6.92 Å². The Morgan fingerprint density at radius 3 is 2.44 bits per heavy atom. The summed E-state index contributed by atoms with van der Waals surface area (Å²) in [6, 6.07) is 8.97. The minimum Gasteiger partial charge on any atom is -0.383 e. The number of hydrogen-bond donors (Lipinski definition) is 6. The fraction of sp³-hybridized carbons (Fsp3) is 0.476. The molecule has 4 aliphatic rings. The summed E-state index contributed by atoms with van der Waals surface area (Å²) in [5.74, 6) is -1.95. The van der Waals surface area contributed by atoms with Crippen LogP contribution in [0.5, 0.6) is 0 Å². The maximum Gasteiger partial charge on any atom is 0.262 e. The van der Waals surface area contributed by atoms with Crippen LogP contribution in [-0.2, 0) is 33.4 Å². The quantitative estimate of drug-likeness (QED) is 0.0792. The van der Waals surface area contributed by atoms with Crippen LogP contribution in [0.2, 0.25) is 5.02 Å². The molecule has 6 amide bonds. The van der Waals surface area contributed by atoms with Gasteiger partial charge in [0.25, 0.3) is 11.8 Å². The second kappa shape index (κ2) is 20.4. The lowest BCUT2D eigenvalue weighted by atomic mass is 9.73. The molecule has 1 spiro atoms. The Kier molecular flexibility index (Phi) is 14.8. The minimum absolute atomic E-state index is 0.00730. The number of benzene rings is 2. The number of ether oxygens (including phenoxy) is 3. The number of anilines is 4. The van der Waals surface area contributed by atoms with Crippen LogP contribution >= 0.6 is 23.4 Å². The predicted octanol–water partition coefficient (Wildman–Crippen LogP) is 2.58. The number of halogens is 1. The van der Waals surface area contributed by atoms with Gasteiger partial charge in [0.1, 0.15) is 16.9 Å². The summed E-state index contributed by atoms with van der Waals surface area (Å²) in [7, 11) is 0. The number of fused-ring (bicyclic) bond motifs is 1. The molecule has 8 N–H and O–H groups in total. The second-order valence-electron chi connectivity index (χ2n) is 15.8. The van der Waals surface area contributed by atoms with Crippen LogP contribution in [-0.4, -0.2) is 128 Å². The van der Waals surface area contributed by atoms with Crippen molar-refractivity contribution in [3.8, 4) is 0 Å². The van der Waals surface area contributed by atoms with E-state index in [1.54, 1.807) is 36.5 Å². The fourth-order valence-corrected chi connectivity index (χ4v) is 9.12. The van der Waals surface area contributed by atoms with Crippen molar-refractivity contribution in [3.63, 3.8) is 0 Å². The highest BCUT2D eigenvalue weighted by Crippen LogP contribution is 2.43. The van der Waals surface area contributed by atoms with E-state index >= 15 is 0 Å². The number of hydrogen-bond acceptors (Lipinski definition) is 16. The van der Waals surface area contributed by atoms with Crippen molar-refractivity contribution in [3.05, 3.63) is 58.7 Å². The largest absolute Gasteiger partial charge is 0.383 e. The van der Waals surface area contributed by atoms with E-state index in [4.69, 9.17) is 37.3 Å². The Morgan fingerprint density at radius 2 is 1.73 bits per heavy atom. The van der Waals surface area contributed by atoms with E-state index in [-0.39, 0.29) is 91.8 Å². The van der Waals surface area contributed by atoms with Gasteiger partial charge in [-0.3, -0.25) is 39.0 Å². The number of nitrogens with two attached hydrogens (primary N) is 2. The third-order valence-corrected chi connectivity index (χ3v) is 13.2. The SMILES string of the molecule is C[C@@H]1OCC2(CCN(c3cnc(Sc4cccc(NC(=O)CCC(=O)NCCOCCOCCNc5ccc6c(c5)C(=O)N(C5CCC(=O)NC5=O)C6=O)c4Cl)c(N)n3)CC2)[C@@H]1N. The molecule has 63 heavy (non-hydrogen) atoms. The van der Waals surface area contributed by atoms with Gasteiger partial charge in [0.15, 0.2) is 5.82 Å². The van der Waals surface area contributed by atoms with E-state index in [1.165, 1.54) is 17.8 Å². The summed E-state index contributed by atoms with van der Waals surface area (Å²) >= 11 is 7.93. The molecular formula is C42H51ClN10O9S. The van der Waals surface area contributed by atoms with Crippen molar-refractivity contribution >= 4 is 81.8 Å². The van der Waals surface area contributed by atoms with Crippen LogP contribution in [0.4, 0.5) is 23.0 Å². The molecule has 4 aliphatic heterocycles. The fourth-order valence-electron chi connectivity index (χ4n) is 8.02. The molecule has 3 aromatic rings. The summed E-state index contributed by atoms with van der Waals surface area (Å²) in [6.45, 7) is 6.10. The van der Waals surface area contributed by atoms with Crippen LogP contribution in [0, 0.1) is 5.41 Å². The van der Waals surface area contributed by atoms with Gasteiger partial charge in [-0.25, -0.2) is 9.97 Å². The molecule has 1 unspecified atom stereocenters.